The number of aromatic nitrogens is 3. The molecular formula is C53H33N3O. The third-order valence-electron chi connectivity index (χ3n) is 10.9. The Morgan fingerprint density at radius 3 is 1.67 bits per heavy atom. The second-order valence-electron chi connectivity index (χ2n) is 14.3. The predicted octanol–water partition coefficient (Wildman–Crippen LogP) is 14.1. The maximum Gasteiger partial charge on any atom is 0.160 e. The Kier molecular flexibility index (Phi) is 7.78. The van der Waals surface area contributed by atoms with E-state index in [0.717, 1.165) is 88.7 Å². The highest BCUT2D eigenvalue weighted by atomic mass is 16.3. The Bertz CT molecular complexity index is 3260. The summed E-state index contributed by atoms with van der Waals surface area (Å²) in [6.07, 6.45) is 0. The number of benzene rings is 8. The molecule has 0 spiro atoms. The number of fused-ring (bicyclic) bond motifs is 6. The van der Waals surface area contributed by atoms with Crippen LogP contribution in [0.1, 0.15) is 0 Å². The molecule has 0 aliphatic rings. The minimum absolute atomic E-state index is 0.670. The van der Waals surface area contributed by atoms with Gasteiger partial charge in [-0.05, 0) is 51.2 Å². The quantitative estimate of drug-likeness (QED) is 0.171. The number of nitrogens with zero attached hydrogens (tertiary/aromatic N) is 3. The summed E-state index contributed by atoms with van der Waals surface area (Å²) < 4.78 is 6.78. The van der Waals surface area contributed by atoms with E-state index in [1.54, 1.807) is 0 Å². The van der Waals surface area contributed by atoms with Crippen molar-refractivity contribution in [3.63, 3.8) is 0 Å². The molecule has 8 aromatic carbocycles. The van der Waals surface area contributed by atoms with Crippen LogP contribution in [0.3, 0.4) is 0 Å². The highest BCUT2D eigenvalue weighted by Crippen LogP contribution is 2.44. The standard InChI is InChI=1S/C53H33N3O/c1-3-13-34(14-4-1)35-25-29-39(30-26-35)47-33-46(38-16-5-2-6-17-38)55-53(56-47)40-31-27-37(28-32-40)42-21-12-23-45-49(42)52-50(44-20-9-10-24-48(44)57-52)51(54-45)43-22-11-18-36-15-7-8-19-41(36)43/h1-33H. The van der Waals surface area contributed by atoms with Gasteiger partial charge in [-0.1, -0.05) is 182 Å². The van der Waals surface area contributed by atoms with Crippen LogP contribution in [0.15, 0.2) is 205 Å². The zero-order valence-electron chi connectivity index (χ0n) is 30.8. The highest BCUT2D eigenvalue weighted by Gasteiger charge is 2.21. The van der Waals surface area contributed by atoms with Gasteiger partial charge in [-0.3, -0.25) is 0 Å². The van der Waals surface area contributed by atoms with Crippen LogP contribution in [0.25, 0.3) is 111 Å². The Labute approximate surface area is 329 Å². The second-order valence-corrected chi connectivity index (χ2v) is 14.3. The molecular weight excluding hydrogens is 695 g/mol. The Morgan fingerprint density at radius 1 is 0.351 bits per heavy atom. The van der Waals surface area contributed by atoms with Crippen LogP contribution in [-0.2, 0) is 0 Å². The third-order valence-corrected chi connectivity index (χ3v) is 10.9. The molecule has 57 heavy (non-hydrogen) atoms. The smallest absolute Gasteiger partial charge is 0.160 e. The summed E-state index contributed by atoms with van der Waals surface area (Å²) >= 11 is 0. The zero-order chi connectivity index (χ0) is 37.7. The highest BCUT2D eigenvalue weighted by molar-refractivity contribution is 6.23. The first-order valence-electron chi connectivity index (χ1n) is 19.2. The summed E-state index contributed by atoms with van der Waals surface area (Å²) in [7, 11) is 0. The van der Waals surface area contributed by atoms with Gasteiger partial charge in [0.2, 0.25) is 0 Å². The fourth-order valence-electron chi connectivity index (χ4n) is 8.12. The zero-order valence-corrected chi connectivity index (χ0v) is 30.8. The van der Waals surface area contributed by atoms with E-state index in [2.05, 4.69) is 164 Å². The number of rotatable bonds is 6. The molecule has 11 aromatic rings. The molecule has 11 rings (SSSR count). The normalized spacial score (nSPS) is 11.5. The molecule has 0 N–H and O–H groups in total. The van der Waals surface area contributed by atoms with Crippen molar-refractivity contribution >= 4 is 43.6 Å². The van der Waals surface area contributed by atoms with Gasteiger partial charge < -0.3 is 4.42 Å². The lowest BCUT2D eigenvalue weighted by molar-refractivity contribution is 0.672. The van der Waals surface area contributed by atoms with Crippen molar-refractivity contribution in [2.24, 2.45) is 0 Å². The van der Waals surface area contributed by atoms with Crippen LogP contribution in [-0.4, -0.2) is 15.0 Å². The molecule has 0 atom stereocenters. The van der Waals surface area contributed by atoms with E-state index in [9.17, 15) is 0 Å². The molecule has 0 bridgehead atoms. The van der Waals surface area contributed by atoms with Crippen LogP contribution in [0.4, 0.5) is 0 Å². The molecule has 4 nitrogen and oxygen atoms in total. The van der Waals surface area contributed by atoms with Crippen LogP contribution in [0.2, 0.25) is 0 Å². The van der Waals surface area contributed by atoms with Crippen molar-refractivity contribution in [2.75, 3.05) is 0 Å². The van der Waals surface area contributed by atoms with Crippen LogP contribution in [0.5, 0.6) is 0 Å². The Hall–Kier alpha value is -7.69. The molecule has 0 amide bonds. The van der Waals surface area contributed by atoms with Crippen LogP contribution >= 0.6 is 0 Å². The van der Waals surface area contributed by atoms with Gasteiger partial charge in [0.25, 0.3) is 0 Å². The fraction of sp³-hybridized carbons (Fsp3) is 0. The van der Waals surface area contributed by atoms with Crippen molar-refractivity contribution in [3.8, 4) is 67.4 Å². The molecule has 0 saturated heterocycles. The van der Waals surface area contributed by atoms with E-state index in [1.165, 1.54) is 16.5 Å². The SMILES string of the molecule is c1ccc(-c2ccc(-c3cc(-c4ccccc4)nc(-c4ccc(-c5cccc6nc(-c7cccc8ccccc78)c7c8ccccc8oc7c56)cc4)n3)cc2)cc1. The van der Waals surface area contributed by atoms with Crippen molar-refractivity contribution in [3.05, 3.63) is 200 Å². The molecule has 266 valence electrons. The van der Waals surface area contributed by atoms with Crippen LogP contribution < -0.4 is 0 Å². The van der Waals surface area contributed by atoms with Crippen molar-refractivity contribution in [2.45, 2.75) is 0 Å². The van der Waals surface area contributed by atoms with Gasteiger partial charge in [-0.15, -0.1) is 0 Å². The largest absolute Gasteiger partial charge is 0.455 e. The molecule has 3 heterocycles. The summed E-state index contributed by atoms with van der Waals surface area (Å²) in [5, 5.41) is 5.41. The molecule has 0 fully saturated rings. The Balaban J connectivity index is 1.04. The number of hydrogen-bond acceptors (Lipinski definition) is 4. The molecule has 0 radical (unpaired) electrons. The van der Waals surface area contributed by atoms with E-state index in [4.69, 9.17) is 19.4 Å². The summed E-state index contributed by atoms with van der Waals surface area (Å²) in [5.41, 5.74) is 13.8. The van der Waals surface area contributed by atoms with E-state index < -0.39 is 0 Å². The van der Waals surface area contributed by atoms with Gasteiger partial charge in [0.05, 0.1) is 33.4 Å². The first-order chi connectivity index (χ1) is 28.2. The van der Waals surface area contributed by atoms with Crippen molar-refractivity contribution < 1.29 is 4.42 Å². The third kappa shape index (κ3) is 5.74. The first kappa shape index (κ1) is 32.7. The van der Waals surface area contributed by atoms with E-state index >= 15 is 0 Å². The van der Waals surface area contributed by atoms with Gasteiger partial charge in [0.15, 0.2) is 5.82 Å². The van der Waals surface area contributed by atoms with Crippen molar-refractivity contribution in [1.82, 2.24) is 15.0 Å². The summed E-state index contributed by atoms with van der Waals surface area (Å²) in [5.74, 6) is 0.670. The fourth-order valence-corrected chi connectivity index (χ4v) is 8.12. The number of hydrogen-bond donors (Lipinski definition) is 0. The lowest BCUT2D eigenvalue weighted by Crippen LogP contribution is -1.96. The minimum Gasteiger partial charge on any atom is -0.455 e. The number of furan rings is 1. The molecule has 0 aliphatic heterocycles. The van der Waals surface area contributed by atoms with E-state index in [1.807, 2.05) is 36.4 Å². The number of para-hydroxylation sites is 1. The average molecular weight is 728 g/mol. The molecule has 0 saturated carbocycles. The lowest BCUT2D eigenvalue weighted by atomic mass is 9.94. The average Bonchev–Trinajstić information content (AvgIpc) is 3.69. The topological polar surface area (TPSA) is 51.8 Å². The summed E-state index contributed by atoms with van der Waals surface area (Å²) in [6, 6.07) is 69.5. The summed E-state index contributed by atoms with van der Waals surface area (Å²) in [4.78, 5) is 15.7. The summed E-state index contributed by atoms with van der Waals surface area (Å²) in [6.45, 7) is 0. The van der Waals surface area contributed by atoms with E-state index in [0.29, 0.717) is 5.82 Å². The van der Waals surface area contributed by atoms with Gasteiger partial charge in [-0.2, -0.15) is 0 Å². The molecule has 3 aromatic heterocycles. The van der Waals surface area contributed by atoms with Gasteiger partial charge in [-0.25, -0.2) is 15.0 Å². The maximum absolute atomic E-state index is 6.78. The van der Waals surface area contributed by atoms with E-state index in [-0.39, 0.29) is 0 Å². The van der Waals surface area contributed by atoms with Crippen molar-refractivity contribution in [1.29, 1.82) is 0 Å². The first-order valence-corrected chi connectivity index (χ1v) is 19.2. The monoisotopic (exact) mass is 727 g/mol. The van der Waals surface area contributed by atoms with Gasteiger partial charge >= 0.3 is 0 Å². The minimum atomic E-state index is 0.670. The van der Waals surface area contributed by atoms with Gasteiger partial charge in [0, 0.05) is 27.6 Å². The molecule has 4 heteroatoms. The lowest BCUT2D eigenvalue weighted by Gasteiger charge is -2.13. The number of pyridine rings is 1. The second kappa shape index (κ2) is 13.6. The molecule has 0 aliphatic carbocycles. The maximum atomic E-state index is 6.78. The van der Waals surface area contributed by atoms with Gasteiger partial charge in [0.1, 0.15) is 11.2 Å². The molecule has 0 unspecified atom stereocenters. The Morgan fingerprint density at radius 2 is 0.895 bits per heavy atom. The predicted molar refractivity (Wildman–Crippen MR) is 235 cm³/mol. The van der Waals surface area contributed by atoms with Crippen LogP contribution in [0, 0.1) is 0 Å².